The molecule has 4 rings (SSSR count). The predicted molar refractivity (Wildman–Crippen MR) is 98.7 cm³/mol. The van der Waals surface area contributed by atoms with Crippen LogP contribution < -0.4 is 15.0 Å². The molecule has 1 N–H and O–H groups in total. The van der Waals surface area contributed by atoms with Gasteiger partial charge in [-0.15, -0.1) is 0 Å². The van der Waals surface area contributed by atoms with Crippen molar-refractivity contribution in [3.63, 3.8) is 0 Å². The number of piperidine rings is 1. The Morgan fingerprint density at radius 3 is 2.16 bits per heavy atom. The largest absolute Gasteiger partial charge is 0.490 e. The Bertz CT molecular complexity index is 687. The summed E-state index contributed by atoms with van der Waals surface area (Å²) >= 11 is 0. The van der Waals surface area contributed by atoms with E-state index in [2.05, 4.69) is 22.3 Å². The third kappa shape index (κ3) is 3.93. The van der Waals surface area contributed by atoms with E-state index >= 15 is 0 Å². The highest BCUT2D eigenvalue weighted by atomic mass is 32.2. The molecule has 7 heteroatoms. The number of piperazine rings is 1. The van der Waals surface area contributed by atoms with Crippen molar-refractivity contribution < 1.29 is 13.2 Å². The monoisotopic (exact) mass is 365 g/mol. The van der Waals surface area contributed by atoms with E-state index in [1.54, 1.807) is 4.31 Å². The minimum atomic E-state index is -3.08. The molecule has 25 heavy (non-hydrogen) atoms. The highest BCUT2D eigenvalue weighted by Gasteiger charge is 2.34. The molecule has 2 bridgehead atoms. The predicted octanol–water partition coefficient (Wildman–Crippen LogP) is 1.43. The number of benzene rings is 1. The van der Waals surface area contributed by atoms with Crippen LogP contribution in [0.25, 0.3) is 0 Å². The van der Waals surface area contributed by atoms with Gasteiger partial charge in [0.15, 0.2) is 0 Å². The number of hydrogen-bond donors (Lipinski definition) is 1. The van der Waals surface area contributed by atoms with Crippen molar-refractivity contribution in [3.05, 3.63) is 24.3 Å². The van der Waals surface area contributed by atoms with Crippen molar-refractivity contribution in [2.45, 2.75) is 43.9 Å². The zero-order chi connectivity index (χ0) is 17.4. The van der Waals surface area contributed by atoms with Crippen molar-refractivity contribution in [1.82, 2.24) is 9.62 Å². The first-order valence-corrected chi connectivity index (χ1v) is 11.0. The van der Waals surface area contributed by atoms with Crippen LogP contribution in [-0.2, 0) is 10.0 Å². The minimum absolute atomic E-state index is 0.322. The summed E-state index contributed by atoms with van der Waals surface area (Å²) in [5.41, 5.74) is 1.13. The van der Waals surface area contributed by atoms with Crippen LogP contribution in [0.15, 0.2) is 24.3 Å². The Labute approximate surface area is 150 Å². The van der Waals surface area contributed by atoms with E-state index in [1.807, 2.05) is 12.1 Å². The van der Waals surface area contributed by atoms with Crippen LogP contribution in [0.2, 0.25) is 0 Å². The van der Waals surface area contributed by atoms with E-state index in [0.29, 0.717) is 31.3 Å². The van der Waals surface area contributed by atoms with Crippen molar-refractivity contribution in [1.29, 1.82) is 0 Å². The number of fused-ring (bicyclic) bond motifs is 2. The maximum Gasteiger partial charge on any atom is 0.211 e. The van der Waals surface area contributed by atoms with Crippen molar-refractivity contribution >= 4 is 15.7 Å². The maximum atomic E-state index is 11.6. The smallest absolute Gasteiger partial charge is 0.211 e. The van der Waals surface area contributed by atoms with Crippen LogP contribution >= 0.6 is 0 Å². The van der Waals surface area contributed by atoms with Gasteiger partial charge in [-0.2, -0.15) is 4.31 Å². The molecule has 3 aliphatic rings. The van der Waals surface area contributed by atoms with Crippen LogP contribution in [-0.4, -0.2) is 63.3 Å². The van der Waals surface area contributed by atoms with Crippen molar-refractivity contribution in [2.75, 3.05) is 37.3 Å². The Kier molecular flexibility index (Phi) is 4.64. The lowest BCUT2D eigenvalue weighted by molar-refractivity contribution is 0.137. The quantitative estimate of drug-likeness (QED) is 0.875. The van der Waals surface area contributed by atoms with Crippen molar-refractivity contribution in [3.8, 4) is 5.75 Å². The summed E-state index contributed by atoms with van der Waals surface area (Å²) in [4.78, 5) is 2.23. The van der Waals surface area contributed by atoms with Gasteiger partial charge >= 0.3 is 0 Å². The third-order valence-electron chi connectivity index (χ3n) is 5.64. The first-order chi connectivity index (χ1) is 12.0. The van der Waals surface area contributed by atoms with Crippen molar-refractivity contribution in [2.24, 2.45) is 0 Å². The second kappa shape index (κ2) is 6.78. The second-order valence-electron chi connectivity index (χ2n) is 7.49. The molecule has 6 nitrogen and oxygen atoms in total. The Balaban J connectivity index is 1.33. The van der Waals surface area contributed by atoms with Crippen LogP contribution in [0, 0.1) is 0 Å². The molecule has 0 saturated carbocycles. The summed E-state index contributed by atoms with van der Waals surface area (Å²) in [6, 6.07) is 9.52. The molecule has 3 saturated heterocycles. The van der Waals surface area contributed by atoms with Gasteiger partial charge in [-0.25, -0.2) is 8.42 Å². The molecule has 0 aromatic heterocycles. The van der Waals surface area contributed by atoms with Gasteiger partial charge < -0.3 is 15.0 Å². The Morgan fingerprint density at radius 2 is 1.60 bits per heavy atom. The normalized spacial score (nSPS) is 30.4. The summed E-state index contributed by atoms with van der Waals surface area (Å²) in [6.45, 7) is 2.56. The van der Waals surface area contributed by atoms with E-state index in [4.69, 9.17) is 4.74 Å². The zero-order valence-corrected chi connectivity index (χ0v) is 15.5. The van der Waals surface area contributed by atoms with Gasteiger partial charge in [0, 0.05) is 44.0 Å². The molecule has 0 radical (unpaired) electrons. The molecule has 0 aliphatic carbocycles. The summed E-state index contributed by atoms with van der Waals surface area (Å²) in [5.74, 6) is 0.935. The Morgan fingerprint density at radius 1 is 1.00 bits per heavy atom. The van der Waals surface area contributed by atoms with Crippen LogP contribution in [0.5, 0.6) is 5.75 Å². The lowest BCUT2D eigenvalue weighted by atomic mass is 10.0. The molecule has 2 atom stereocenters. The number of rotatable bonds is 4. The van der Waals surface area contributed by atoms with Gasteiger partial charge in [0.05, 0.1) is 6.26 Å². The number of nitrogens with zero attached hydrogens (tertiary/aromatic N) is 2. The van der Waals surface area contributed by atoms with Gasteiger partial charge in [0.25, 0.3) is 0 Å². The summed E-state index contributed by atoms with van der Waals surface area (Å²) in [5, 5.41) is 3.64. The fraction of sp³-hybridized carbons (Fsp3) is 0.667. The molecule has 1 aromatic carbocycles. The summed E-state index contributed by atoms with van der Waals surface area (Å²) < 4.78 is 30.9. The molecule has 0 amide bonds. The molecular formula is C18H27N3O3S. The van der Waals surface area contributed by atoms with Gasteiger partial charge in [-0.05, 0) is 49.9 Å². The molecule has 138 valence electrons. The lowest BCUT2D eigenvalue weighted by Gasteiger charge is -2.35. The fourth-order valence-corrected chi connectivity index (χ4v) is 5.13. The molecule has 0 spiro atoms. The number of ether oxygens (including phenoxy) is 1. The van der Waals surface area contributed by atoms with Crippen LogP contribution in [0.1, 0.15) is 25.7 Å². The first-order valence-electron chi connectivity index (χ1n) is 9.20. The standard InChI is InChI=1S/C18H27N3O3S/c1-25(22,23)21-10-8-20(9-11-21)16-4-6-17(7-5-16)24-18-12-14-2-3-15(13-18)19-14/h4-7,14-15,18-19H,2-3,8-13H2,1H3. The third-order valence-corrected chi connectivity index (χ3v) is 6.95. The second-order valence-corrected chi connectivity index (χ2v) is 9.47. The minimum Gasteiger partial charge on any atom is -0.490 e. The molecule has 2 unspecified atom stereocenters. The van der Waals surface area contributed by atoms with Gasteiger partial charge in [-0.3, -0.25) is 0 Å². The van der Waals surface area contributed by atoms with Gasteiger partial charge in [-0.1, -0.05) is 0 Å². The van der Waals surface area contributed by atoms with Crippen LogP contribution in [0.4, 0.5) is 5.69 Å². The lowest BCUT2D eigenvalue weighted by Crippen LogP contribution is -2.48. The number of nitrogens with one attached hydrogen (secondary N) is 1. The first kappa shape index (κ1) is 17.1. The fourth-order valence-electron chi connectivity index (χ4n) is 4.31. The number of hydrogen-bond acceptors (Lipinski definition) is 5. The molecule has 3 heterocycles. The Hall–Kier alpha value is -1.31. The zero-order valence-electron chi connectivity index (χ0n) is 14.7. The van der Waals surface area contributed by atoms with E-state index in [1.165, 1.54) is 19.1 Å². The van der Waals surface area contributed by atoms with E-state index in [0.717, 1.165) is 37.4 Å². The number of anilines is 1. The summed E-state index contributed by atoms with van der Waals surface area (Å²) in [6.07, 6.45) is 6.37. The summed E-state index contributed by atoms with van der Waals surface area (Å²) in [7, 11) is -3.08. The maximum absolute atomic E-state index is 11.6. The van der Waals surface area contributed by atoms with Gasteiger partial charge in [0.1, 0.15) is 11.9 Å². The average Bonchev–Trinajstić information content (AvgIpc) is 2.93. The topological polar surface area (TPSA) is 61.9 Å². The molecule has 3 aliphatic heterocycles. The molecule has 3 fully saturated rings. The number of sulfonamides is 1. The highest BCUT2D eigenvalue weighted by Crippen LogP contribution is 2.30. The van der Waals surface area contributed by atoms with E-state index in [9.17, 15) is 8.42 Å². The van der Waals surface area contributed by atoms with E-state index < -0.39 is 10.0 Å². The SMILES string of the molecule is CS(=O)(=O)N1CCN(c2ccc(OC3CC4CCC(C3)N4)cc2)CC1. The molecule has 1 aromatic rings. The van der Waals surface area contributed by atoms with Gasteiger partial charge in [0.2, 0.25) is 10.0 Å². The van der Waals surface area contributed by atoms with Crippen LogP contribution in [0.3, 0.4) is 0 Å². The highest BCUT2D eigenvalue weighted by molar-refractivity contribution is 7.88. The molecular weight excluding hydrogens is 338 g/mol. The average molecular weight is 365 g/mol. The van der Waals surface area contributed by atoms with E-state index in [-0.39, 0.29) is 0 Å².